The van der Waals surface area contributed by atoms with Crippen molar-refractivity contribution in [2.75, 3.05) is 31.3 Å². The molecule has 29 heavy (non-hydrogen) atoms. The summed E-state index contributed by atoms with van der Waals surface area (Å²) in [5.41, 5.74) is 2.29. The zero-order valence-electron chi connectivity index (χ0n) is 16.5. The van der Waals surface area contributed by atoms with E-state index >= 15 is 0 Å². The summed E-state index contributed by atoms with van der Waals surface area (Å²) < 4.78 is 0. The van der Waals surface area contributed by atoms with E-state index in [1.54, 1.807) is 31.3 Å². The standard InChI is InChI=1S/C21H23N5O2.ClH/c1-4-22-21(28)25-19-12-14-7-6-10-18(17(14)13-23-19)24-16-9-5-8-15(11-16)20(27)26(2)3;/h5-13,24H,4H2,1-3H3,(H2,22,23,25,28);1H. The first kappa shape index (κ1) is 22.0. The van der Waals surface area contributed by atoms with E-state index in [4.69, 9.17) is 0 Å². The Morgan fingerprint density at radius 3 is 2.55 bits per heavy atom. The quantitative estimate of drug-likeness (QED) is 0.583. The van der Waals surface area contributed by atoms with Crippen molar-refractivity contribution in [2.45, 2.75) is 6.92 Å². The molecule has 3 amide bonds. The summed E-state index contributed by atoms with van der Waals surface area (Å²) in [6, 6.07) is 14.7. The smallest absolute Gasteiger partial charge is 0.320 e. The Bertz CT molecular complexity index is 1020. The van der Waals surface area contributed by atoms with E-state index in [1.807, 2.05) is 49.4 Å². The fraction of sp³-hybridized carbons (Fsp3) is 0.190. The number of fused-ring (bicyclic) bond motifs is 1. The number of benzene rings is 2. The van der Waals surface area contributed by atoms with Crippen LogP contribution in [0.4, 0.5) is 22.0 Å². The molecule has 0 saturated carbocycles. The van der Waals surface area contributed by atoms with Crippen molar-refractivity contribution >= 4 is 52.3 Å². The zero-order valence-corrected chi connectivity index (χ0v) is 17.3. The lowest BCUT2D eigenvalue weighted by Crippen LogP contribution is -2.28. The minimum Gasteiger partial charge on any atom is -0.355 e. The van der Waals surface area contributed by atoms with Gasteiger partial charge >= 0.3 is 6.03 Å². The van der Waals surface area contributed by atoms with Crippen LogP contribution in [0.15, 0.2) is 54.7 Å². The van der Waals surface area contributed by atoms with Crippen molar-refractivity contribution in [1.82, 2.24) is 15.2 Å². The van der Waals surface area contributed by atoms with Gasteiger partial charge in [0.2, 0.25) is 0 Å². The maximum absolute atomic E-state index is 12.2. The van der Waals surface area contributed by atoms with Crippen LogP contribution in [0.2, 0.25) is 0 Å². The van der Waals surface area contributed by atoms with Crippen LogP contribution < -0.4 is 16.0 Å². The van der Waals surface area contributed by atoms with E-state index in [0.717, 1.165) is 22.1 Å². The van der Waals surface area contributed by atoms with Gasteiger partial charge in [-0.1, -0.05) is 18.2 Å². The predicted molar refractivity (Wildman–Crippen MR) is 119 cm³/mol. The van der Waals surface area contributed by atoms with Crippen molar-refractivity contribution in [3.05, 3.63) is 60.3 Å². The SMILES string of the molecule is CCNC(=O)Nc1cc2cccc(Nc3cccc(C(=O)N(C)C)c3)c2cn1.Cl. The molecule has 152 valence electrons. The molecule has 0 atom stereocenters. The first-order valence-corrected chi connectivity index (χ1v) is 9.00. The van der Waals surface area contributed by atoms with Gasteiger partial charge < -0.3 is 15.5 Å². The molecule has 3 rings (SSSR count). The summed E-state index contributed by atoms with van der Waals surface area (Å²) in [5.74, 6) is 0.429. The highest BCUT2D eigenvalue weighted by molar-refractivity contribution is 5.99. The average molecular weight is 414 g/mol. The van der Waals surface area contributed by atoms with Crippen LogP contribution >= 0.6 is 12.4 Å². The van der Waals surface area contributed by atoms with Crippen LogP contribution in [0, 0.1) is 0 Å². The molecule has 0 bridgehead atoms. The summed E-state index contributed by atoms with van der Waals surface area (Å²) in [7, 11) is 3.45. The molecule has 1 heterocycles. The van der Waals surface area contributed by atoms with Gasteiger partial charge in [0, 0.05) is 49.2 Å². The highest BCUT2D eigenvalue weighted by Crippen LogP contribution is 2.27. The number of hydrogen-bond acceptors (Lipinski definition) is 4. The Morgan fingerprint density at radius 1 is 1.07 bits per heavy atom. The third-order valence-corrected chi connectivity index (χ3v) is 4.14. The average Bonchev–Trinajstić information content (AvgIpc) is 2.67. The summed E-state index contributed by atoms with van der Waals surface area (Å²) in [6.45, 7) is 2.40. The van der Waals surface area contributed by atoms with Crippen molar-refractivity contribution in [3.8, 4) is 0 Å². The van der Waals surface area contributed by atoms with E-state index in [-0.39, 0.29) is 24.3 Å². The Morgan fingerprint density at radius 2 is 1.83 bits per heavy atom. The molecule has 8 heteroatoms. The number of nitrogens with one attached hydrogen (secondary N) is 3. The van der Waals surface area contributed by atoms with Gasteiger partial charge in [0.05, 0.1) is 0 Å². The van der Waals surface area contributed by atoms with Gasteiger partial charge in [-0.25, -0.2) is 9.78 Å². The number of aromatic nitrogens is 1. The fourth-order valence-electron chi connectivity index (χ4n) is 2.81. The number of carbonyl (C=O) groups excluding carboxylic acids is 2. The Hall–Kier alpha value is -3.32. The topological polar surface area (TPSA) is 86.4 Å². The van der Waals surface area contributed by atoms with Gasteiger partial charge in [-0.05, 0) is 42.6 Å². The molecule has 0 radical (unpaired) electrons. The normalized spacial score (nSPS) is 10.0. The van der Waals surface area contributed by atoms with Crippen molar-refractivity contribution < 1.29 is 9.59 Å². The lowest BCUT2D eigenvalue weighted by molar-refractivity contribution is 0.0827. The molecule has 0 aliphatic heterocycles. The summed E-state index contributed by atoms with van der Waals surface area (Å²) in [5, 5.41) is 10.6. The summed E-state index contributed by atoms with van der Waals surface area (Å²) in [6.07, 6.45) is 1.72. The molecule has 0 saturated heterocycles. The maximum atomic E-state index is 12.2. The Labute approximate surface area is 175 Å². The highest BCUT2D eigenvalue weighted by Gasteiger charge is 2.10. The van der Waals surface area contributed by atoms with Crippen LogP contribution in [0.5, 0.6) is 0 Å². The number of halogens is 1. The number of hydrogen-bond donors (Lipinski definition) is 3. The lowest BCUT2D eigenvalue weighted by atomic mass is 10.1. The molecule has 0 aliphatic carbocycles. The van der Waals surface area contributed by atoms with E-state index in [0.29, 0.717) is 17.9 Å². The van der Waals surface area contributed by atoms with Gasteiger partial charge in [-0.3, -0.25) is 10.1 Å². The van der Waals surface area contributed by atoms with Gasteiger partial charge in [0.15, 0.2) is 0 Å². The summed E-state index contributed by atoms with van der Waals surface area (Å²) in [4.78, 5) is 29.7. The minimum atomic E-state index is -0.286. The van der Waals surface area contributed by atoms with Crippen molar-refractivity contribution in [3.63, 3.8) is 0 Å². The molecule has 7 nitrogen and oxygen atoms in total. The molecule has 3 N–H and O–H groups in total. The van der Waals surface area contributed by atoms with E-state index in [2.05, 4.69) is 20.9 Å². The van der Waals surface area contributed by atoms with Crippen LogP contribution in [-0.4, -0.2) is 42.5 Å². The van der Waals surface area contributed by atoms with Crippen molar-refractivity contribution in [2.24, 2.45) is 0 Å². The van der Waals surface area contributed by atoms with Crippen LogP contribution in [0.1, 0.15) is 17.3 Å². The number of nitrogens with zero attached hydrogens (tertiary/aromatic N) is 2. The first-order chi connectivity index (χ1) is 13.5. The van der Waals surface area contributed by atoms with Gasteiger partial charge in [-0.2, -0.15) is 0 Å². The van der Waals surface area contributed by atoms with E-state index < -0.39 is 0 Å². The number of rotatable bonds is 5. The monoisotopic (exact) mass is 413 g/mol. The lowest BCUT2D eigenvalue weighted by Gasteiger charge is -2.13. The second kappa shape index (κ2) is 9.75. The second-order valence-corrected chi connectivity index (χ2v) is 6.49. The number of pyridine rings is 1. The third-order valence-electron chi connectivity index (χ3n) is 4.14. The number of amides is 3. The Balaban J connectivity index is 0.00000300. The number of carbonyl (C=O) groups is 2. The van der Waals surface area contributed by atoms with Gasteiger partial charge in [0.25, 0.3) is 5.91 Å². The first-order valence-electron chi connectivity index (χ1n) is 9.00. The van der Waals surface area contributed by atoms with E-state index in [1.165, 1.54) is 0 Å². The predicted octanol–water partition coefficient (Wildman–Crippen LogP) is 4.24. The van der Waals surface area contributed by atoms with E-state index in [9.17, 15) is 9.59 Å². The molecule has 0 aliphatic rings. The molecular formula is C21H24ClN5O2. The largest absolute Gasteiger partial charge is 0.355 e. The number of urea groups is 1. The molecule has 3 aromatic rings. The van der Waals surface area contributed by atoms with Crippen LogP contribution in [0.25, 0.3) is 10.8 Å². The Kier molecular flexibility index (Phi) is 7.39. The highest BCUT2D eigenvalue weighted by atomic mass is 35.5. The fourth-order valence-corrected chi connectivity index (χ4v) is 2.81. The second-order valence-electron chi connectivity index (χ2n) is 6.49. The molecule has 0 fully saturated rings. The van der Waals surface area contributed by atoms with Crippen molar-refractivity contribution in [1.29, 1.82) is 0 Å². The number of anilines is 3. The van der Waals surface area contributed by atoms with Gasteiger partial charge in [0.1, 0.15) is 5.82 Å². The zero-order chi connectivity index (χ0) is 20.1. The molecule has 2 aromatic carbocycles. The molecule has 1 aromatic heterocycles. The van der Waals surface area contributed by atoms with Crippen LogP contribution in [0.3, 0.4) is 0 Å². The molecule has 0 unspecified atom stereocenters. The maximum Gasteiger partial charge on any atom is 0.320 e. The van der Waals surface area contributed by atoms with Crippen LogP contribution in [-0.2, 0) is 0 Å². The minimum absolute atomic E-state index is 0. The molecule has 0 spiro atoms. The summed E-state index contributed by atoms with van der Waals surface area (Å²) >= 11 is 0. The third kappa shape index (κ3) is 5.36. The molecular weight excluding hydrogens is 390 g/mol. The van der Waals surface area contributed by atoms with Gasteiger partial charge in [-0.15, -0.1) is 12.4 Å².